The van der Waals surface area contributed by atoms with E-state index in [-0.39, 0.29) is 11.2 Å². The quantitative estimate of drug-likeness (QED) is 0.780. The van der Waals surface area contributed by atoms with Crippen molar-refractivity contribution in [3.63, 3.8) is 0 Å². The van der Waals surface area contributed by atoms with Crippen LogP contribution in [0.2, 0.25) is 0 Å². The van der Waals surface area contributed by atoms with Gasteiger partial charge in [-0.3, -0.25) is 4.79 Å². The van der Waals surface area contributed by atoms with Crippen LogP contribution < -0.4 is 5.32 Å². The highest BCUT2D eigenvalue weighted by molar-refractivity contribution is 8.00. The van der Waals surface area contributed by atoms with Gasteiger partial charge >= 0.3 is 0 Å². The van der Waals surface area contributed by atoms with Crippen molar-refractivity contribution in [1.82, 2.24) is 14.8 Å². The van der Waals surface area contributed by atoms with Crippen molar-refractivity contribution in [3.8, 4) is 0 Å². The Hall–Kier alpha value is -1.82. The van der Waals surface area contributed by atoms with Crippen molar-refractivity contribution in [2.45, 2.75) is 74.2 Å². The molecule has 2 aromatic rings. The molecule has 3 aliphatic rings. The smallest absolute Gasteiger partial charge is 0.237 e. The minimum absolute atomic E-state index is 0.0336. The lowest BCUT2D eigenvalue weighted by atomic mass is 10.1. The molecule has 3 aliphatic carbocycles. The van der Waals surface area contributed by atoms with Crippen molar-refractivity contribution in [2.24, 2.45) is 0 Å². The van der Waals surface area contributed by atoms with Crippen molar-refractivity contribution >= 4 is 23.4 Å². The lowest BCUT2D eigenvalue weighted by Crippen LogP contribution is -2.23. The van der Waals surface area contributed by atoms with Crippen LogP contribution in [0.3, 0.4) is 0 Å². The second-order valence-corrected chi connectivity index (χ2v) is 9.11. The summed E-state index contributed by atoms with van der Waals surface area (Å²) in [5, 5.41) is 12.6. The van der Waals surface area contributed by atoms with Gasteiger partial charge in [-0.1, -0.05) is 17.8 Å². The van der Waals surface area contributed by atoms with Gasteiger partial charge in [0.1, 0.15) is 5.82 Å². The highest BCUT2D eigenvalue weighted by atomic mass is 32.2. The number of hydrogen-bond donors (Lipinski definition) is 1. The van der Waals surface area contributed by atoms with E-state index in [0.717, 1.165) is 29.5 Å². The van der Waals surface area contributed by atoms with Crippen molar-refractivity contribution in [2.75, 3.05) is 5.32 Å². The third kappa shape index (κ3) is 3.15. The second kappa shape index (κ2) is 6.41. The molecule has 2 saturated carbocycles. The van der Waals surface area contributed by atoms with E-state index in [1.54, 1.807) is 0 Å². The minimum Gasteiger partial charge on any atom is -0.325 e. The monoisotopic (exact) mass is 368 g/mol. The summed E-state index contributed by atoms with van der Waals surface area (Å²) in [5.74, 6) is 1.76. The third-order valence-corrected chi connectivity index (χ3v) is 6.62. The van der Waals surface area contributed by atoms with E-state index >= 15 is 0 Å². The Bertz CT molecular complexity index is 853. The normalized spacial score (nSPS) is 20.0. The van der Waals surface area contributed by atoms with Gasteiger partial charge in [-0.15, -0.1) is 10.2 Å². The number of nitrogens with one attached hydrogen (secondary N) is 1. The first-order chi connectivity index (χ1) is 12.7. The van der Waals surface area contributed by atoms with E-state index in [1.165, 1.54) is 55.0 Å². The second-order valence-electron chi connectivity index (χ2n) is 7.80. The van der Waals surface area contributed by atoms with Crippen LogP contribution in [0.5, 0.6) is 0 Å². The van der Waals surface area contributed by atoms with Crippen molar-refractivity contribution in [1.29, 1.82) is 0 Å². The summed E-state index contributed by atoms with van der Waals surface area (Å²) >= 11 is 1.53. The summed E-state index contributed by atoms with van der Waals surface area (Å²) in [5.41, 5.74) is 3.71. The van der Waals surface area contributed by atoms with Crippen LogP contribution in [0.25, 0.3) is 0 Å². The molecule has 1 aromatic carbocycles. The van der Waals surface area contributed by atoms with Gasteiger partial charge < -0.3 is 9.88 Å². The molecule has 0 unspecified atom stereocenters. The van der Waals surface area contributed by atoms with Gasteiger partial charge in [-0.25, -0.2) is 0 Å². The average Bonchev–Trinajstić information content (AvgIpc) is 3.56. The lowest BCUT2D eigenvalue weighted by Gasteiger charge is -2.14. The van der Waals surface area contributed by atoms with E-state index in [2.05, 4.69) is 32.2 Å². The zero-order valence-electron chi connectivity index (χ0n) is 15.1. The first-order valence-electron chi connectivity index (χ1n) is 9.73. The molecular formula is C20H24N4OS. The van der Waals surface area contributed by atoms with Gasteiger partial charge in [0.15, 0.2) is 5.16 Å². The van der Waals surface area contributed by atoms with Crippen molar-refractivity contribution < 1.29 is 4.79 Å². The number of aromatic nitrogens is 3. The standard InChI is InChI=1S/C20H24N4OS/c1-12(19(25)21-16-8-7-13-3-2-4-15(13)11-16)26-20-23-22-18(14-5-6-14)24(20)17-9-10-17/h7-8,11-12,14,17H,2-6,9-10H2,1H3,(H,21,25)/t12-/m0/s1. The fraction of sp³-hybridized carbons (Fsp3) is 0.550. The molecule has 1 heterocycles. The average molecular weight is 369 g/mol. The molecular weight excluding hydrogens is 344 g/mol. The van der Waals surface area contributed by atoms with E-state index < -0.39 is 0 Å². The summed E-state index contributed by atoms with van der Waals surface area (Å²) in [6.45, 7) is 1.95. The van der Waals surface area contributed by atoms with Gasteiger partial charge in [0.25, 0.3) is 0 Å². The predicted octanol–water partition coefficient (Wildman–Crippen LogP) is 4.10. The molecule has 0 spiro atoms. The van der Waals surface area contributed by atoms with Crippen LogP contribution in [0, 0.1) is 0 Å². The molecule has 2 fully saturated rings. The molecule has 1 N–H and O–H groups in total. The van der Waals surface area contributed by atoms with Crippen LogP contribution in [0.4, 0.5) is 5.69 Å². The molecule has 0 radical (unpaired) electrons. The fourth-order valence-electron chi connectivity index (χ4n) is 3.77. The van der Waals surface area contributed by atoms with E-state index in [1.807, 2.05) is 13.0 Å². The highest BCUT2D eigenvalue weighted by Gasteiger charge is 2.37. The zero-order valence-corrected chi connectivity index (χ0v) is 15.9. The van der Waals surface area contributed by atoms with E-state index in [9.17, 15) is 4.79 Å². The van der Waals surface area contributed by atoms with E-state index in [4.69, 9.17) is 0 Å². The molecule has 0 aliphatic heterocycles. The number of nitrogens with zero attached hydrogens (tertiary/aromatic N) is 3. The Morgan fingerprint density at radius 1 is 1.19 bits per heavy atom. The van der Waals surface area contributed by atoms with Crippen molar-refractivity contribution in [3.05, 3.63) is 35.2 Å². The molecule has 0 bridgehead atoms. The largest absolute Gasteiger partial charge is 0.325 e. The van der Waals surface area contributed by atoms with Gasteiger partial charge in [0, 0.05) is 17.6 Å². The summed E-state index contributed by atoms with van der Waals surface area (Å²) in [6.07, 6.45) is 8.38. The maximum atomic E-state index is 12.7. The molecule has 5 nitrogen and oxygen atoms in total. The molecule has 26 heavy (non-hydrogen) atoms. The Morgan fingerprint density at radius 3 is 2.77 bits per heavy atom. The highest BCUT2D eigenvalue weighted by Crippen LogP contribution is 2.46. The van der Waals surface area contributed by atoms with Gasteiger partial charge in [-0.05, 0) is 75.1 Å². The maximum Gasteiger partial charge on any atom is 0.237 e. The molecule has 136 valence electrons. The van der Waals surface area contributed by atoms with Crippen LogP contribution in [0.15, 0.2) is 23.4 Å². The summed E-state index contributed by atoms with van der Waals surface area (Å²) in [4.78, 5) is 12.7. The molecule has 6 heteroatoms. The molecule has 1 atom stereocenters. The number of rotatable bonds is 6. The topological polar surface area (TPSA) is 59.8 Å². The number of anilines is 1. The lowest BCUT2D eigenvalue weighted by molar-refractivity contribution is -0.115. The van der Waals surface area contributed by atoms with Crippen LogP contribution in [-0.4, -0.2) is 25.9 Å². The number of hydrogen-bond acceptors (Lipinski definition) is 4. The summed E-state index contributed by atoms with van der Waals surface area (Å²) in [6, 6.07) is 6.86. The van der Waals surface area contributed by atoms with Crippen LogP contribution >= 0.6 is 11.8 Å². The van der Waals surface area contributed by atoms with Crippen LogP contribution in [0.1, 0.15) is 67.9 Å². The minimum atomic E-state index is -0.197. The number of fused-ring (bicyclic) bond motifs is 1. The first kappa shape index (κ1) is 16.4. The van der Waals surface area contributed by atoms with E-state index in [0.29, 0.717) is 12.0 Å². The van der Waals surface area contributed by atoms with Crippen LogP contribution in [-0.2, 0) is 17.6 Å². The Kier molecular flexibility index (Phi) is 4.03. The molecule has 1 aromatic heterocycles. The SMILES string of the molecule is C[C@H](Sc1nnc(C2CC2)n1C1CC1)C(=O)Nc1ccc2c(c1)CCC2. The third-order valence-electron chi connectivity index (χ3n) is 5.56. The summed E-state index contributed by atoms with van der Waals surface area (Å²) < 4.78 is 2.31. The number of carbonyl (C=O) groups is 1. The zero-order chi connectivity index (χ0) is 17.7. The van der Waals surface area contributed by atoms with Gasteiger partial charge in [0.05, 0.1) is 5.25 Å². The number of amides is 1. The number of benzene rings is 1. The number of carbonyl (C=O) groups excluding carboxylic acids is 1. The Balaban J connectivity index is 1.28. The van der Waals surface area contributed by atoms with Gasteiger partial charge in [0.2, 0.25) is 5.91 Å². The fourth-order valence-corrected chi connectivity index (χ4v) is 4.70. The predicted molar refractivity (Wildman–Crippen MR) is 103 cm³/mol. The summed E-state index contributed by atoms with van der Waals surface area (Å²) in [7, 11) is 0. The van der Waals surface area contributed by atoms with Gasteiger partial charge in [-0.2, -0.15) is 0 Å². The number of aryl methyl sites for hydroxylation is 2. The Morgan fingerprint density at radius 2 is 2.00 bits per heavy atom. The number of thioether (sulfide) groups is 1. The molecule has 1 amide bonds. The molecule has 5 rings (SSSR count). The first-order valence-corrected chi connectivity index (χ1v) is 10.6. The Labute approximate surface area is 158 Å². The maximum absolute atomic E-state index is 12.7. The molecule has 0 saturated heterocycles.